The van der Waals surface area contributed by atoms with E-state index in [1.54, 1.807) is 15.6 Å². The van der Waals surface area contributed by atoms with Crippen LogP contribution in [0.15, 0.2) is 42.5 Å². The molecule has 1 unspecified atom stereocenters. The smallest absolute Gasteiger partial charge is 1.00 e. The number of ether oxygens (including phenoxy) is 2. The molecule has 1 fully saturated rings. The zero-order chi connectivity index (χ0) is 24.6. The van der Waals surface area contributed by atoms with Crippen molar-refractivity contribution in [2.24, 2.45) is 0 Å². The van der Waals surface area contributed by atoms with Gasteiger partial charge in [0.05, 0.1) is 0 Å². The minimum Gasteiger partial charge on any atom is -1.00 e. The summed E-state index contributed by atoms with van der Waals surface area (Å²) < 4.78 is 16.8. The van der Waals surface area contributed by atoms with Crippen molar-refractivity contribution in [3.63, 3.8) is 0 Å². The Morgan fingerprint density at radius 3 is 2.03 bits per heavy atom. The van der Waals surface area contributed by atoms with E-state index in [1.165, 1.54) is 11.1 Å². The first kappa shape index (κ1) is 28.6. The molecule has 0 saturated carbocycles. The average molecular weight is 608 g/mol. The second-order valence-electron chi connectivity index (χ2n) is 11.2. The number of rotatable bonds is 8. The molecule has 2 aromatic rings. The maximum atomic E-state index is 6.46. The van der Waals surface area contributed by atoms with Crippen molar-refractivity contribution in [2.75, 3.05) is 0 Å². The minimum absolute atomic E-state index is 0. The van der Waals surface area contributed by atoms with Gasteiger partial charge in [-0.05, 0) is 0 Å². The van der Waals surface area contributed by atoms with Crippen LogP contribution in [0.5, 0.6) is 0 Å². The maximum absolute atomic E-state index is 6.46. The first-order chi connectivity index (χ1) is 16.1. The third-order valence-electron chi connectivity index (χ3n) is 6.99. The van der Waals surface area contributed by atoms with Crippen molar-refractivity contribution in [2.45, 2.75) is 109 Å². The van der Waals surface area contributed by atoms with E-state index in [9.17, 15) is 0 Å². The zero-order valence-electron chi connectivity index (χ0n) is 22.5. The van der Waals surface area contributed by atoms with Crippen LogP contribution in [0, 0.1) is 0 Å². The number of nitrogens with zero attached hydrogens (tertiary/aromatic N) is 1. The Morgan fingerprint density at radius 2 is 1.49 bits per heavy atom. The van der Waals surface area contributed by atoms with Crippen LogP contribution < -0.4 is 21.4 Å². The molecular weight excluding hydrogens is 565 g/mol. The van der Waals surface area contributed by atoms with Crippen molar-refractivity contribution < 1.29 is 31.0 Å². The van der Waals surface area contributed by atoms with Gasteiger partial charge in [0.25, 0.3) is 0 Å². The van der Waals surface area contributed by atoms with Gasteiger partial charge in [0.1, 0.15) is 0 Å². The van der Waals surface area contributed by atoms with Crippen LogP contribution in [0.3, 0.4) is 0 Å². The van der Waals surface area contributed by atoms with Crippen LogP contribution in [-0.2, 0) is 16.0 Å². The van der Waals surface area contributed by atoms with E-state index >= 15 is 0 Å². The third kappa shape index (κ3) is 6.48. The summed E-state index contributed by atoms with van der Waals surface area (Å²) in [5.74, 6) is 1.10. The Bertz CT molecular complexity index is 1000. The van der Waals surface area contributed by atoms with Crippen LogP contribution in [0.4, 0.5) is 0 Å². The molecule has 2 aromatic carbocycles. The largest absolute Gasteiger partial charge is 1.00 e. The number of benzene rings is 2. The van der Waals surface area contributed by atoms with Gasteiger partial charge < -0.3 is 17.0 Å². The molecule has 2 heterocycles. The van der Waals surface area contributed by atoms with Gasteiger partial charge in [-0.25, -0.2) is 0 Å². The number of halogens is 1. The average Bonchev–Trinajstić information content (AvgIpc) is 3.22. The molecule has 35 heavy (non-hydrogen) atoms. The molecule has 0 bridgehead atoms. The van der Waals surface area contributed by atoms with Gasteiger partial charge >= 0.3 is 213 Å². The van der Waals surface area contributed by atoms with Gasteiger partial charge in [-0.2, -0.15) is 0 Å². The molecule has 192 valence electrons. The number of fused-ring (bicyclic) bond motifs is 1. The monoisotopic (exact) mass is 607 g/mol. The first-order valence-corrected chi connectivity index (χ1v) is 14.9. The summed E-state index contributed by atoms with van der Waals surface area (Å²) in [5.41, 5.74) is 5.91. The van der Waals surface area contributed by atoms with Gasteiger partial charge in [-0.15, -0.1) is 0 Å². The predicted molar refractivity (Wildman–Crippen MR) is 143 cm³/mol. The summed E-state index contributed by atoms with van der Waals surface area (Å²) in [5, 5.41) is 1.12. The molecule has 0 spiro atoms. The molecule has 2 aliphatic heterocycles. The van der Waals surface area contributed by atoms with E-state index in [-0.39, 0.29) is 29.2 Å². The standard InChI is InChI=1S/C30H42NO2Se.BrH/c1-19(2)23-14-24(20(3)4)29(25(15-23)21(5)6)34-18-26-28-27(32-30(7,8)33-28)17-31(26)16-22-12-10-9-11-13-22;/h9-15,17,19-21,26-28H,16,18H2,1-8H3;1H/q+1;/p-1/t26?,27-,28+;/m0./s1. The summed E-state index contributed by atoms with van der Waals surface area (Å²) in [6.07, 6.45) is 2.43. The van der Waals surface area contributed by atoms with Crippen molar-refractivity contribution in [1.29, 1.82) is 0 Å². The normalized spacial score (nSPS) is 23.1. The summed E-state index contributed by atoms with van der Waals surface area (Å²) in [6, 6.07) is 16.1. The maximum Gasteiger partial charge on any atom is -1.00 e. The molecule has 0 N–H and O–H groups in total. The molecule has 5 heteroatoms. The molecule has 0 radical (unpaired) electrons. The predicted octanol–water partition coefficient (Wildman–Crippen LogP) is 2.99. The summed E-state index contributed by atoms with van der Waals surface area (Å²) in [4.78, 5) is 0. The van der Waals surface area contributed by atoms with Crippen LogP contribution in [0.2, 0.25) is 5.32 Å². The van der Waals surface area contributed by atoms with Gasteiger partial charge in [0.2, 0.25) is 0 Å². The molecular formula is C30H42BrNO2Se. The van der Waals surface area contributed by atoms with Gasteiger partial charge in [0.15, 0.2) is 0 Å². The van der Waals surface area contributed by atoms with Crippen LogP contribution in [0.25, 0.3) is 0 Å². The molecule has 0 aromatic heterocycles. The van der Waals surface area contributed by atoms with E-state index in [1.807, 2.05) is 13.8 Å². The fourth-order valence-corrected chi connectivity index (χ4v) is 8.54. The Labute approximate surface area is 229 Å². The topological polar surface area (TPSA) is 21.5 Å². The minimum atomic E-state index is -0.513. The van der Waals surface area contributed by atoms with E-state index < -0.39 is 5.79 Å². The Kier molecular flexibility index (Phi) is 9.48. The fraction of sp³-hybridized carbons (Fsp3) is 0.567. The fourth-order valence-electron chi connectivity index (χ4n) is 5.10. The quantitative estimate of drug-likeness (QED) is 0.340. The van der Waals surface area contributed by atoms with E-state index in [2.05, 4.69) is 94.8 Å². The van der Waals surface area contributed by atoms with Gasteiger partial charge in [-0.1, -0.05) is 0 Å². The first-order valence-electron chi connectivity index (χ1n) is 12.9. The van der Waals surface area contributed by atoms with E-state index in [4.69, 9.17) is 9.47 Å². The van der Waals surface area contributed by atoms with Crippen molar-refractivity contribution in [1.82, 2.24) is 0 Å². The van der Waals surface area contributed by atoms with Crippen molar-refractivity contribution in [3.8, 4) is 0 Å². The van der Waals surface area contributed by atoms with E-state index in [0.717, 1.165) is 11.9 Å². The van der Waals surface area contributed by atoms with Crippen LogP contribution >= 0.6 is 0 Å². The Balaban J connectivity index is 0.00000342. The Hall–Kier alpha value is -0.971. The summed E-state index contributed by atoms with van der Waals surface area (Å²) in [7, 11) is 0. The Morgan fingerprint density at radius 1 is 0.886 bits per heavy atom. The molecule has 0 amide bonds. The molecule has 2 aliphatic rings. The number of hydrogen-bond donors (Lipinski definition) is 0. The molecule has 1 saturated heterocycles. The van der Waals surface area contributed by atoms with E-state index in [0.29, 0.717) is 38.8 Å². The van der Waals surface area contributed by atoms with Crippen molar-refractivity contribution >= 4 is 25.6 Å². The SMILES string of the molecule is CC(C)c1cc(C(C)C)c([Se]CC2[C@H]3OC(C)(C)O[C@H]3C=[N+]2Cc2ccccc2)c(C(C)C)c1.[Br-]. The van der Waals surface area contributed by atoms with Crippen LogP contribution in [-0.4, -0.2) is 49.8 Å². The molecule has 0 aliphatic carbocycles. The van der Waals surface area contributed by atoms with Gasteiger partial charge in [-0.3, -0.25) is 0 Å². The molecule has 3 nitrogen and oxygen atoms in total. The summed E-state index contributed by atoms with van der Waals surface area (Å²) in [6.45, 7) is 19.0. The zero-order valence-corrected chi connectivity index (χ0v) is 25.8. The number of hydrogen-bond acceptors (Lipinski definition) is 2. The van der Waals surface area contributed by atoms with Crippen molar-refractivity contribution in [3.05, 3.63) is 64.7 Å². The summed E-state index contributed by atoms with van der Waals surface area (Å²) >= 11 is 0.354. The second kappa shape index (κ2) is 11.6. The molecule has 4 rings (SSSR count). The third-order valence-corrected chi connectivity index (χ3v) is 9.65. The molecule has 3 atom stereocenters. The van der Waals surface area contributed by atoms with Gasteiger partial charge in [0, 0.05) is 0 Å². The second-order valence-corrected chi connectivity index (χ2v) is 13.4. The van der Waals surface area contributed by atoms with Crippen LogP contribution in [0.1, 0.15) is 95.4 Å².